The van der Waals surface area contributed by atoms with Crippen molar-refractivity contribution in [3.63, 3.8) is 0 Å². The number of nitrogens with one attached hydrogen (secondary N) is 2. The summed E-state index contributed by atoms with van der Waals surface area (Å²) in [6.07, 6.45) is 5.83. The third-order valence-corrected chi connectivity index (χ3v) is 4.71. The summed E-state index contributed by atoms with van der Waals surface area (Å²) in [6.45, 7) is 6.54. The average Bonchev–Trinajstić information content (AvgIpc) is 3.14. The van der Waals surface area contributed by atoms with Gasteiger partial charge in [-0.2, -0.15) is 0 Å². The molecule has 1 aromatic heterocycles. The first-order chi connectivity index (χ1) is 13.4. The Bertz CT molecular complexity index is 791. The molecular weight excluding hydrogens is 376 g/mol. The number of nitrogens with zero attached hydrogens (tertiary/aromatic N) is 2. The van der Waals surface area contributed by atoms with Gasteiger partial charge in [-0.05, 0) is 43.7 Å². The predicted molar refractivity (Wildman–Crippen MR) is 111 cm³/mol. The van der Waals surface area contributed by atoms with Crippen LogP contribution in [0, 0.1) is 5.92 Å². The molecule has 0 radical (unpaired) electrons. The van der Waals surface area contributed by atoms with Gasteiger partial charge in [0.25, 0.3) is 5.91 Å². The topological polar surface area (TPSA) is 85.3 Å². The maximum absolute atomic E-state index is 12.6. The number of benzene rings is 1. The number of rotatable bonds is 9. The van der Waals surface area contributed by atoms with Crippen molar-refractivity contribution in [3.8, 4) is 5.69 Å². The van der Waals surface area contributed by atoms with E-state index >= 15 is 0 Å². The Balaban J connectivity index is 2.04. The van der Waals surface area contributed by atoms with Gasteiger partial charge in [0.2, 0.25) is 0 Å². The number of aromatic nitrogens is 2. The summed E-state index contributed by atoms with van der Waals surface area (Å²) in [4.78, 5) is 28.7. The summed E-state index contributed by atoms with van der Waals surface area (Å²) in [7, 11) is 0. The van der Waals surface area contributed by atoms with E-state index in [0.29, 0.717) is 24.6 Å². The minimum Gasteiger partial charge on any atom is -0.450 e. The Morgan fingerprint density at radius 3 is 2.79 bits per heavy atom. The van der Waals surface area contributed by atoms with Crippen LogP contribution in [0.25, 0.3) is 5.69 Å². The van der Waals surface area contributed by atoms with Gasteiger partial charge in [-0.25, -0.2) is 9.78 Å². The molecule has 0 saturated carbocycles. The number of carbonyl (C=O) groups excluding carboxylic acids is 2. The van der Waals surface area contributed by atoms with Crippen molar-refractivity contribution in [2.75, 3.05) is 19.4 Å². The molecule has 0 bridgehead atoms. The van der Waals surface area contributed by atoms with Crippen LogP contribution >= 0.6 is 11.8 Å². The van der Waals surface area contributed by atoms with Crippen LogP contribution in [0.15, 0.2) is 41.8 Å². The largest absolute Gasteiger partial charge is 0.450 e. The summed E-state index contributed by atoms with van der Waals surface area (Å²) in [5.41, 5.74) is 1.43. The first-order valence-corrected chi connectivity index (χ1v) is 10.6. The molecule has 1 aromatic carbocycles. The molecule has 0 spiro atoms. The monoisotopic (exact) mass is 404 g/mol. The van der Waals surface area contributed by atoms with E-state index in [1.165, 1.54) is 11.8 Å². The van der Waals surface area contributed by atoms with Gasteiger partial charge in [-0.15, -0.1) is 0 Å². The maximum Gasteiger partial charge on any atom is 0.407 e. The molecule has 0 aliphatic carbocycles. The summed E-state index contributed by atoms with van der Waals surface area (Å²) in [5, 5.41) is 6.58. The highest BCUT2D eigenvalue weighted by atomic mass is 32.2. The van der Waals surface area contributed by atoms with E-state index < -0.39 is 6.09 Å². The normalized spacial score (nSPS) is 11.9. The standard InChI is InChI=1S/C20H28N4O3S/c1-5-27-20(26)23-16(11-14(2)3)13-22-18(25)15-7-6-8-17(12-15)24-10-9-21-19(24)28-4/h6-10,12,14,16H,5,11,13H2,1-4H3,(H,22,25)(H,23,26). The Kier molecular flexibility index (Phi) is 8.38. The van der Waals surface area contributed by atoms with Gasteiger partial charge in [-0.3, -0.25) is 9.36 Å². The van der Waals surface area contributed by atoms with Crippen LogP contribution in [-0.2, 0) is 4.74 Å². The highest BCUT2D eigenvalue weighted by Crippen LogP contribution is 2.19. The van der Waals surface area contributed by atoms with E-state index in [-0.39, 0.29) is 11.9 Å². The Morgan fingerprint density at radius 2 is 2.11 bits per heavy atom. The molecule has 0 aliphatic rings. The molecule has 2 amide bonds. The summed E-state index contributed by atoms with van der Waals surface area (Å²) in [5.74, 6) is 0.186. The van der Waals surface area contributed by atoms with Crippen LogP contribution in [-0.4, -0.2) is 47.0 Å². The molecule has 0 saturated heterocycles. The lowest BCUT2D eigenvalue weighted by atomic mass is 10.0. The lowest BCUT2D eigenvalue weighted by Crippen LogP contribution is -2.44. The van der Waals surface area contributed by atoms with Crippen molar-refractivity contribution < 1.29 is 14.3 Å². The molecule has 2 N–H and O–H groups in total. The average molecular weight is 405 g/mol. The van der Waals surface area contributed by atoms with Crippen molar-refractivity contribution in [2.45, 2.75) is 38.4 Å². The van der Waals surface area contributed by atoms with Gasteiger partial charge < -0.3 is 15.4 Å². The number of hydrogen-bond acceptors (Lipinski definition) is 5. The third kappa shape index (κ3) is 6.30. The van der Waals surface area contributed by atoms with Gasteiger partial charge in [-0.1, -0.05) is 31.7 Å². The van der Waals surface area contributed by atoms with Crippen LogP contribution in [0.4, 0.5) is 4.79 Å². The van der Waals surface area contributed by atoms with Crippen molar-refractivity contribution >= 4 is 23.8 Å². The zero-order valence-corrected chi connectivity index (χ0v) is 17.6. The quantitative estimate of drug-likeness (QED) is 0.625. The van der Waals surface area contributed by atoms with Crippen molar-refractivity contribution in [1.82, 2.24) is 20.2 Å². The number of thioether (sulfide) groups is 1. The fourth-order valence-electron chi connectivity index (χ4n) is 2.85. The SMILES string of the molecule is CCOC(=O)NC(CNC(=O)c1cccc(-n2ccnc2SC)c1)CC(C)C. The first kappa shape index (κ1) is 21.8. The fourth-order valence-corrected chi connectivity index (χ4v) is 3.38. The van der Waals surface area contributed by atoms with E-state index in [9.17, 15) is 9.59 Å². The molecular formula is C20H28N4O3S. The number of hydrogen-bond donors (Lipinski definition) is 2. The van der Waals surface area contributed by atoms with Crippen LogP contribution in [0.3, 0.4) is 0 Å². The van der Waals surface area contributed by atoms with Gasteiger partial charge in [0, 0.05) is 36.2 Å². The number of imidazole rings is 1. The van der Waals surface area contributed by atoms with Gasteiger partial charge in [0.1, 0.15) is 0 Å². The van der Waals surface area contributed by atoms with Gasteiger partial charge in [0.15, 0.2) is 5.16 Å². The second kappa shape index (κ2) is 10.8. The van der Waals surface area contributed by atoms with Gasteiger partial charge in [0.05, 0.1) is 6.61 Å². The second-order valence-corrected chi connectivity index (χ2v) is 7.51. The smallest absolute Gasteiger partial charge is 0.407 e. The van der Waals surface area contributed by atoms with Crippen LogP contribution in [0.1, 0.15) is 37.6 Å². The number of alkyl carbamates (subject to hydrolysis) is 1. The zero-order valence-electron chi connectivity index (χ0n) is 16.8. The number of ether oxygens (including phenoxy) is 1. The van der Waals surface area contributed by atoms with Crippen LogP contribution in [0.2, 0.25) is 0 Å². The van der Waals surface area contributed by atoms with E-state index in [0.717, 1.165) is 17.3 Å². The highest BCUT2D eigenvalue weighted by Gasteiger charge is 2.17. The summed E-state index contributed by atoms with van der Waals surface area (Å²) >= 11 is 1.54. The molecule has 152 valence electrons. The van der Waals surface area contributed by atoms with Crippen LogP contribution in [0.5, 0.6) is 0 Å². The lowest BCUT2D eigenvalue weighted by molar-refractivity contribution is 0.0944. The second-order valence-electron chi connectivity index (χ2n) is 6.74. The summed E-state index contributed by atoms with van der Waals surface area (Å²) < 4.78 is 6.89. The first-order valence-electron chi connectivity index (χ1n) is 9.33. The molecule has 2 rings (SSSR count). The van der Waals surface area contributed by atoms with E-state index in [1.54, 1.807) is 19.2 Å². The minimum absolute atomic E-state index is 0.188. The van der Waals surface area contributed by atoms with Crippen molar-refractivity contribution in [3.05, 3.63) is 42.2 Å². The molecule has 0 fully saturated rings. The van der Waals surface area contributed by atoms with E-state index in [1.807, 2.05) is 35.2 Å². The highest BCUT2D eigenvalue weighted by molar-refractivity contribution is 7.98. The molecule has 28 heavy (non-hydrogen) atoms. The zero-order chi connectivity index (χ0) is 20.5. The number of carbonyl (C=O) groups is 2. The predicted octanol–water partition coefficient (Wildman–Crippen LogP) is 3.48. The molecule has 8 heteroatoms. The fraction of sp³-hybridized carbons (Fsp3) is 0.450. The van der Waals surface area contributed by atoms with Crippen molar-refractivity contribution in [2.24, 2.45) is 5.92 Å². The molecule has 2 aromatic rings. The lowest BCUT2D eigenvalue weighted by Gasteiger charge is -2.21. The van der Waals surface area contributed by atoms with E-state index in [4.69, 9.17) is 4.74 Å². The minimum atomic E-state index is -0.464. The Labute approximate surface area is 170 Å². The molecule has 0 aliphatic heterocycles. The van der Waals surface area contributed by atoms with Crippen LogP contribution < -0.4 is 10.6 Å². The Hall–Kier alpha value is -2.48. The molecule has 1 atom stereocenters. The molecule has 1 heterocycles. The molecule has 7 nitrogen and oxygen atoms in total. The van der Waals surface area contributed by atoms with Crippen molar-refractivity contribution in [1.29, 1.82) is 0 Å². The maximum atomic E-state index is 12.6. The third-order valence-electron chi connectivity index (χ3n) is 4.04. The molecule has 1 unspecified atom stereocenters. The number of amides is 2. The van der Waals surface area contributed by atoms with E-state index in [2.05, 4.69) is 29.5 Å². The Morgan fingerprint density at radius 1 is 1.32 bits per heavy atom. The van der Waals surface area contributed by atoms with Gasteiger partial charge >= 0.3 is 6.09 Å². The summed E-state index contributed by atoms with van der Waals surface area (Å²) in [6, 6.07) is 7.18.